The molecular formula is C17H18N6O6S3. The SMILES string of the molecule is Cc1noc(C)c1-c1ccc2sc(C(c3nnc(CNNS(=O)O)o3)S(C)(=O)=O)nc2c1. The van der Waals surface area contributed by atoms with Crippen LogP contribution in [0.4, 0.5) is 0 Å². The number of hydrogen-bond acceptors (Lipinski definition) is 11. The average molecular weight is 499 g/mol. The van der Waals surface area contributed by atoms with Crippen molar-refractivity contribution in [2.45, 2.75) is 25.6 Å². The van der Waals surface area contributed by atoms with E-state index in [1.54, 1.807) is 0 Å². The molecule has 0 aliphatic heterocycles. The van der Waals surface area contributed by atoms with Crippen LogP contribution in [0.25, 0.3) is 21.3 Å². The van der Waals surface area contributed by atoms with Crippen molar-refractivity contribution in [3.05, 3.63) is 46.4 Å². The largest absolute Gasteiger partial charge is 0.422 e. The zero-order chi connectivity index (χ0) is 23.0. The molecule has 0 aliphatic carbocycles. The van der Waals surface area contributed by atoms with Crippen molar-refractivity contribution < 1.29 is 26.1 Å². The number of aromatic nitrogens is 4. The van der Waals surface area contributed by atoms with Crippen LogP contribution in [0.5, 0.6) is 0 Å². The Kier molecular flexibility index (Phi) is 6.19. The van der Waals surface area contributed by atoms with Gasteiger partial charge in [-0.25, -0.2) is 23.0 Å². The Hall–Kier alpha value is -2.56. The van der Waals surface area contributed by atoms with E-state index >= 15 is 0 Å². The summed E-state index contributed by atoms with van der Waals surface area (Å²) >= 11 is -1.06. The quantitative estimate of drug-likeness (QED) is 0.239. The molecule has 0 amide bonds. The predicted octanol–water partition coefficient (Wildman–Crippen LogP) is 1.82. The Morgan fingerprint density at radius 3 is 2.72 bits per heavy atom. The van der Waals surface area contributed by atoms with Crippen molar-refractivity contribution in [1.82, 2.24) is 30.6 Å². The minimum Gasteiger partial charge on any atom is -0.422 e. The minimum atomic E-state index is -3.70. The number of benzene rings is 1. The van der Waals surface area contributed by atoms with Crippen LogP contribution < -0.4 is 10.3 Å². The molecule has 2 atom stereocenters. The smallest absolute Gasteiger partial charge is 0.245 e. The zero-order valence-electron chi connectivity index (χ0n) is 17.0. The second-order valence-electron chi connectivity index (χ2n) is 6.88. The van der Waals surface area contributed by atoms with Gasteiger partial charge in [0.05, 0.1) is 22.5 Å². The van der Waals surface area contributed by atoms with E-state index in [0.717, 1.165) is 27.8 Å². The first-order valence-electron chi connectivity index (χ1n) is 9.07. The molecule has 32 heavy (non-hydrogen) atoms. The second kappa shape index (κ2) is 8.76. The molecule has 0 aliphatic rings. The fraction of sp³-hybridized carbons (Fsp3) is 0.294. The van der Waals surface area contributed by atoms with Crippen molar-refractivity contribution in [2.24, 2.45) is 0 Å². The van der Waals surface area contributed by atoms with Crippen LogP contribution in [-0.2, 0) is 27.6 Å². The van der Waals surface area contributed by atoms with Crippen LogP contribution in [0, 0.1) is 13.8 Å². The normalized spacial score (nSPS) is 14.1. The number of nitrogens with one attached hydrogen (secondary N) is 2. The molecule has 1 aromatic carbocycles. The van der Waals surface area contributed by atoms with E-state index in [1.807, 2.05) is 36.9 Å². The van der Waals surface area contributed by atoms with E-state index in [0.29, 0.717) is 11.3 Å². The van der Waals surface area contributed by atoms with Gasteiger partial charge in [0.15, 0.2) is 15.1 Å². The molecule has 4 rings (SSSR count). The highest BCUT2D eigenvalue weighted by Crippen LogP contribution is 2.37. The molecule has 0 saturated carbocycles. The van der Waals surface area contributed by atoms with E-state index in [1.165, 1.54) is 11.3 Å². The van der Waals surface area contributed by atoms with Gasteiger partial charge in [-0.3, -0.25) is 4.55 Å². The lowest BCUT2D eigenvalue weighted by molar-refractivity contribution is 0.393. The maximum atomic E-state index is 12.6. The maximum absolute atomic E-state index is 12.6. The van der Waals surface area contributed by atoms with Crippen molar-refractivity contribution >= 4 is 42.7 Å². The van der Waals surface area contributed by atoms with Crippen molar-refractivity contribution in [1.29, 1.82) is 0 Å². The van der Waals surface area contributed by atoms with Crippen LogP contribution in [-0.4, -0.2) is 43.8 Å². The molecule has 0 fully saturated rings. The monoisotopic (exact) mass is 498 g/mol. The molecule has 170 valence electrons. The predicted molar refractivity (Wildman–Crippen MR) is 116 cm³/mol. The van der Waals surface area contributed by atoms with E-state index < -0.39 is 26.4 Å². The van der Waals surface area contributed by atoms with E-state index in [-0.39, 0.29) is 23.3 Å². The van der Waals surface area contributed by atoms with Gasteiger partial charge in [-0.2, -0.15) is 4.83 Å². The fourth-order valence-corrected chi connectivity index (χ4v) is 5.86. The van der Waals surface area contributed by atoms with Crippen LogP contribution in [0.1, 0.15) is 33.5 Å². The van der Waals surface area contributed by atoms with Gasteiger partial charge in [-0.15, -0.1) is 21.5 Å². The third-order valence-electron chi connectivity index (χ3n) is 4.48. The Balaban J connectivity index is 1.69. The molecule has 2 unspecified atom stereocenters. The van der Waals surface area contributed by atoms with Crippen LogP contribution in [0.2, 0.25) is 0 Å². The van der Waals surface area contributed by atoms with Gasteiger partial charge in [0.2, 0.25) is 23.0 Å². The van der Waals surface area contributed by atoms with Gasteiger partial charge < -0.3 is 8.94 Å². The summed E-state index contributed by atoms with van der Waals surface area (Å²) in [7, 11) is -3.70. The summed E-state index contributed by atoms with van der Waals surface area (Å²) in [5, 5.41) is 10.7. The highest BCUT2D eigenvalue weighted by Gasteiger charge is 2.34. The Bertz CT molecular complexity index is 1390. The lowest BCUT2D eigenvalue weighted by atomic mass is 10.0. The first-order chi connectivity index (χ1) is 15.1. The third-order valence-corrected chi connectivity index (χ3v) is 7.34. The van der Waals surface area contributed by atoms with Gasteiger partial charge in [0.25, 0.3) is 0 Å². The number of rotatable bonds is 8. The van der Waals surface area contributed by atoms with Gasteiger partial charge in [0, 0.05) is 11.8 Å². The highest BCUT2D eigenvalue weighted by atomic mass is 32.2. The summed E-state index contributed by atoms with van der Waals surface area (Å²) in [6.07, 6.45) is 1.07. The van der Waals surface area contributed by atoms with Crippen molar-refractivity contribution in [3.8, 4) is 11.1 Å². The first-order valence-corrected chi connectivity index (χ1v) is 13.0. The third kappa shape index (κ3) is 4.62. The summed E-state index contributed by atoms with van der Waals surface area (Å²) < 4.78 is 56.0. The Labute approximate surface area is 188 Å². The lowest BCUT2D eigenvalue weighted by Gasteiger charge is -2.07. The summed E-state index contributed by atoms with van der Waals surface area (Å²) in [6, 6.07) is 5.62. The summed E-state index contributed by atoms with van der Waals surface area (Å²) in [5.41, 5.74) is 5.51. The van der Waals surface area contributed by atoms with Crippen LogP contribution in [0.15, 0.2) is 27.1 Å². The average Bonchev–Trinajstić information content (AvgIpc) is 3.39. The Morgan fingerprint density at radius 1 is 1.28 bits per heavy atom. The van der Waals surface area contributed by atoms with Gasteiger partial charge in [-0.1, -0.05) is 11.2 Å². The molecule has 4 aromatic rings. The number of fused-ring (bicyclic) bond motifs is 1. The summed E-state index contributed by atoms with van der Waals surface area (Å²) in [6.45, 7) is 3.58. The molecule has 0 spiro atoms. The van der Waals surface area contributed by atoms with E-state index in [4.69, 9.17) is 13.5 Å². The molecule has 3 N–H and O–H groups in total. The molecule has 12 nitrogen and oxygen atoms in total. The molecule has 15 heteroatoms. The second-order valence-corrected chi connectivity index (χ2v) is 10.8. The van der Waals surface area contributed by atoms with E-state index in [2.05, 4.69) is 25.8 Å². The lowest BCUT2D eigenvalue weighted by Crippen LogP contribution is -2.32. The van der Waals surface area contributed by atoms with Gasteiger partial charge in [-0.05, 0) is 31.5 Å². The standard InChI is InChI=1S/C17H18N6O6S3/c1-8-14(9(2)29-22-8)10-4-5-12-11(6-10)19-17(30-12)15(32(3,26)27)16-21-20-13(28-16)7-18-23-31(24)25/h4-6,15,18,23H,7H2,1-3H3,(H,24,25). The molecule has 0 bridgehead atoms. The van der Waals surface area contributed by atoms with Gasteiger partial charge in [0.1, 0.15) is 10.8 Å². The fourth-order valence-electron chi connectivity index (χ4n) is 3.20. The Morgan fingerprint density at radius 2 is 2.06 bits per heavy atom. The number of hydrazine groups is 1. The number of aryl methyl sites for hydroxylation is 2. The minimum absolute atomic E-state index is 0.0356. The van der Waals surface area contributed by atoms with E-state index in [9.17, 15) is 12.6 Å². The summed E-state index contributed by atoms with van der Waals surface area (Å²) in [5.74, 6) is 0.575. The highest BCUT2D eigenvalue weighted by molar-refractivity contribution is 7.91. The van der Waals surface area contributed by atoms with Crippen molar-refractivity contribution in [2.75, 3.05) is 6.26 Å². The van der Waals surface area contributed by atoms with Crippen LogP contribution in [0.3, 0.4) is 0 Å². The van der Waals surface area contributed by atoms with Gasteiger partial charge >= 0.3 is 0 Å². The molecule has 3 aromatic heterocycles. The first kappa shape index (κ1) is 22.6. The summed E-state index contributed by atoms with van der Waals surface area (Å²) in [4.78, 5) is 6.59. The van der Waals surface area contributed by atoms with Crippen molar-refractivity contribution in [3.63, 3.8) is 0 Å². The molecule has 0 radical (unpaired) electrons. The number of thiazole rings is 1. The number of nitrogens with zero attached hydrogens (tertiary/aromatic N) is 4. The maximum Gasteiger partial charge on any atom is 0.245 e. The molecule has 3 heterocycles. The molecular weight excluding hydrogens is 480 g/mol. The zero-order valence-corrected chi connectivity index (χ0v) is 19.5. The van der Waals surface area contributed by atoms with Crippen LogP contribution >= 0.6 is 11.3 Å². The molecule has 0 saturated heterocycles. The topological polar surface area (TPSA) is 173 Å². The number of hydrogen-bond donors (Lipinski definition) is 3. The number of sulfone groups is 1.